The Kier molecular flexibility index (Phi) is 4.80. The molecule has 3 rings (SSSR count). The van der Waals surface area contributed by atoms with Gasteiger partial charge in [0, 0.05) is 18.2 Å². The molecule has 7 nitrogen and oxygen atoms in total. The first-order valence-corrected chi connectivity index (χ1v) is 8.64. The summed E-state index contributed by atoms with van der Waals surface area (Å²) >= 11 is 0. The van der Waals surface area contributed by atoms with Gasteiger partial charge in [-0.1, -0.05) is 13.8 Å². The van der Waals surface area contributed by atoms with E-state index in [-0.39, 0.29) is 24.1 Å². The van der Waals surface area contributed by atoms with Crippen LogP contribution in [0.2, 0.25) is 0 Å². The Hall–Kier alpha value is -2.35. The van der Waals surface area contributed by atoms with Crippen LogP contribution < -0.4 is 11.1 Å². The third-order valence-electron chi connectivity index (χ3n) is 5.09. The minimum Gasteiger partial charge on any atom is -0.329 e. The zero-order valence-corrected chi connectivity index (χ0v) is 14.5. The van der Waals surface area contributed by atoms with Crippen LogP contribution in [-0.4, -0.2) is 32.7 Å². The molecule has 1 fully saturated rings. The Morgan fingerprint density at radius 2 is 2.12 bits per heavy atom. The molecule has 0 spiro atoms. The Morgan fingerprint density at radius 1 is 1.40 bits per heavy atom. The van der Waals surface area contributed by atoms with Gasteiger partial charge >= 0.3 is 0 Å². The molecule has 0 bridgehead atoms. The van der Waals surface area contributed by atoms with Crippen molar-refractivity contribution in [2.75, 3.05) is 11.9 Å². The van der Waals surface area contributed by atoms with Crippen LogP contribution in [0.5, 0.6) is 0 Å². The maximum atomic E-state index is 14.3. The minimum absolute atomic E-state index is 0.156. The monoisotopic (exact) mass is 346 g/mol. The number of hydrogen-bond acceptors (Lipinski definition) is 5. The van der Waals surface area contributed by atoms with Crippen LogP contribution >= 0.6 is 0 Å². The number of nitrogens with one attached hydrogen (secondary N) is 1. The molecule has 0 saturated heterocycles. The molecule has 1 aromatic carbocycles. The molecule has 1 aromatic heterocycles. The van der Waals surface area contributed by atoms with Crippen molar-refractivity contribution >= 4 is 11.6 Å². The summed E-state index contributed by atoms with van der Waals surface area (Å²) in [5, 5.41) is 14.4. The predicted octanol–water partition coefficient (Wildman–Crippen LogP) is 2.38. The molecule has 1 heterocycles. The Labute approximate surface area is 145 Å². The number of tetrazole rings is 1. The molecule has 0 aliphatic heterocycles. The number of carbonyl (C=O) groups excluding carboxylic acids is 1. The Morgan fingerprint density at radius 3 is 2.72 bits per heavy atom. The fraction of sp³-hybridized carbons (Fsp3) is 0.529. The summed E-state index contributed by atoms with van der Waals surface area (Å²) in [4.78, 5) is 12.7. The number of hydrogen-bond donors (Lipinski definition) is 2. The van der Waals surface area contributed by atoms with Crippen LogP contribution in [0.25, 0.3) is 5.69 Å². The highest BCUT2D eigenvalue weighted by atomic mass is 19.1. The van der Waals surface area contributed by atoms with E-state index in [0.29, 0.717) is 24.4 Å². The van der Waals surface area contributed by atoms with E-state index < -0.39 is 11.2 Å². The van der Waals surface area contributed by atoms with E-state index in [9.17, 15) is 9.18 Å². The van der Waals surface area contributed by atoms with E-state index >= 15 is 0 Å². The second-order valence-electron chi connectivity index (χ2n) is 6.54. The summed E-state index contributed by atoms with van der Waals surface area (Å²) in [7, 11) is 0. The number of nitrogens with zero attached hydrogens (tertiary/aromatic N) is 4. The number of halogens is 1. The summed E-state index contributed by atoms with van der Waals surface area (Å²) in [5.41, 5.74) is 5.93. The SMILES string of the molecule is CCC(CC)(CN)C(=O)Nc1ccc(F)c(-n2nnnc2C2CC2)c1. The van der Waals surface area contributed by atoms with Crippen molar-refractivity contribution in [2.24, 2.45) is 11.1 Å². The largest absolute Gasteiger partial charge is 0.329 e. The molecular weight excluding hydrogens is 323 g/mol. The van der Waals surface area contributed by atoms with Crippen LogP contribution in [0.15, 0.2) is 18.2 Å². The third kappa shape index (κ3) is 3.26. The van der Waals surface area contributed by atoms with Gasteiger partial charge in [0.25, 0.3) is 0 Å². The summed E-state index contributed by atoms with van der Waals surface area (Å²) in [5.74, 6) is 0.332. The van der Waals surface area contributed by atoms with Gasteiger partial charge in [-0.2, -0.15) is 4.68 Å². The van der Waals surface area contributed by atoms with Gasteiger partial charge in [0.1, 0.15) is 11.5 Å². The van der Waals surface area contributed by atoms with E-state index in [2.05, 4.69) is 20.8 Å². The van der Waals surface area contributed by atoms with Gasteiger partial charge in [-0.05, 0) is 54.3 Å². The first-order chi connectivity index (χ1) is 12.0. The first-order valence-electron chi connectivity index (χ1n) is 8.64. The first kappa shape index (κ1) is 17.5. The lowest BCUT2D eigenvalue weighted by Gasteiger charge is -2.28. The Bertz CT molecular complexity index is 758. The minimum atomic E-state index is -0.622. The van der Waals surface area contributed by atoms with Gasteiger partial charge in [0.2, 0.25) is 5.91 Å². The highest BCUT2D eigenvalue weighted by Gasteiger charge is 2.34. The number of nitrogens with two attached hydrogens (primary N) is 1. The number of rotatable bonds is 7. The molecular formula is C17H23FN6O. The average Bonchev–Trinajstić information content (AvgIpc) is 3.36. The molecule has 8 heteroatoms. The second-order valence-corrected chi connectivity index (χ2v) is 6.54. The zero-order chi connectivity index (χ0) is 18.0. The van der Waals surface area contributed by atoms with Gasteiger partial charge in [-0.3, -0.25) is 4.79 Å². The molecule has 3 N–H and O–H groups in total. The highest BCUT2D eigenvalue weighted by Crippen LogP contribution is 2.39. The quantitative estimate of drug-likeness (QED) is 0.802. The van der Waals surface area contributed by atoms with Crippen molar-refractivity contribution in [1.82, 2.24) is 20.2 Å². The van der Waals surface area contributed by atoms with Gasteiger partial charge in [0.05, 0.1) is 5.41 Å². The molecule has 1 aliphatic rings. The summed E-state index contributed by atoms with van der Waals surface area (Å²) < 4.78 is 15.7. The van der Waals surface area contributed by atoms with Crippen LogP contribution in [0.1, 0.15) is 51.3 Å². The lowest BCUT2D eigenvalue weighted by molar-refractivity contribution is -0.125. The number of carbonyl (C=O) groups is 1. The van der Waals surface area contributed by atoms with Crippen molar-refractivity contribution in [2.45, 2.75) is 45.4 Å². The van der Waals surface area contributed by atoms with Crippen LogP contribution in [0, 0.1) is 11.2 Å². The second kappa shape index (κ2) is 6.87. The number of benzene rings is 1. The van der Waals surface area contributed by atoms with Gasteiger partial charge in [-0.25, -0.2) is 4.39 Å². The maximum absolute atomic E-state index is 14.3. The molecule has 2 aromatic rings. The molecule has 134 valence electrons. The number of aromatic nitrogens is 4. The molecule has 1 amide bonds. The fourth-order valence-electron chi connectivity index (χ4n) is 2.93. The summed E-state index contributed by atoms with van der Waals surface area (Å²) in [6, 6.07) is 4.40. The Balaban J connectivity index is 1.89. The van der Waals surface area contributed by atoms with Gasteiger partial charge in [0.15, 0.2) is 5.82 Å². The van der Waals surface area contributed by atoms with Gasteiger partial charge < -0.3 is 11.1 Å². The molecule has 1 saturated carbocycles. The van der Waals surface area contributed by atoms with Gasteiger partial charge in [-0.15, -0.1) is 5.10 Å². The molecule has 0 radical (unpaired) electrons. The summed E-state index contributed by atoms with van der Waals surface area (Å²) in [6.07, 6.45) is 3.28. The van der Waals surface area contributed by atoms with Crippen molar-refractivity contribution < 1.29 is 9.18 Å². The van der Waals surface area contributed by atoms with E-state index in [4.69, 9.17) is 5.73 Å². The van der Waals surface area contributed by atoms with Crippen LogP contribution in [0.4, 0.5) is 10.1 Å². The van der Waals surface area contributed by atoms with Crippen molar-refractivity contribution in [3.8, 4) is 5.69 Å². The standard InChI is InChI=1S/C17H23FN6O/c1-3-17(4-2,10-19)16(25)20-12-7-8-13(18)14(9-12)24-15(11-5-6-11)21-22-23-24/h7-9,11H,3-6,10,19H2,1-2H3,(H,20,25). The van der Waals surface area contributed by atoms with Crippen molar-refractivity contribution in [3.05, 3.63) is 29.8 Å². The molecule has 0 atom stereocenters. The van der Waals surface area contributed by atoms with E-state index in [1.54, 1.807) is 6.07 Å². The van der Waals surface area contributed by atoms with Crippen LogP contribution in [-0.2, 0) is 4.79 Å². The van der Waals surface area contributed by atoms with E-state index in [1.165, 1.54) is 16.8 Å². The lowest BCUT2D eigenvalue weighted by atomic mass is 9.81. The van der Waals surface area contributed by atoms with Crippen LogP contribution in [0.3, 0.4) is 0 Å². The zero-order valence-electron chi connectivity index (χ0n) is 14.5. The van der Waals surface area contributed by atoms with Crippen molar-refractivity contribution in [1.29, 1.82) is 0 Å². The predicted molar refractivity (Wildman–Crippen MR) is 91.8 cm³/mol. The average molecular weight is 346 g/mol. The molecule has 1 aliphatic carbocycles. The maximum Gasteiger partial charge on any atom is 0.231 e. The topological polar surface area (TPSA) is 98.7 Å². The molecule has 0 unspecified atom stereocenters. The third-order valence-corrected chi connectivity index (χ3v) is 5.09. The normalized spacial score (nSPS) is 14.6. The lowest BCUT2D eigenvalue weighted by Crippen LogP contribution is -2.41. The number of amides is 1. The highest BCUT2D eigenvalue weighted by molar-refractivity contribution is 5.95. The number of anilines is 1. The van der Waals surface area contributed by atoms with E-state index in [0.717, 1.165) is 12.8 Å². The summed E-state index contributed by atoms with van der Waals surface area (Å²) in [6.45, 7) is 4.14. The van der Waals surface area contributed by atoms with Crippen molar-refractivity contribution in [3.63, 3.8) is 0 Å². The van der Waals surface area contributed by atoms with E-state index in [1.807, 2.05) is 13.8 Å². The fourth-order valence-corrected chi connectivity index (χ4v) is 2.93. The smallest absolute Gasteiger partial charge is 0.231 e. The molecule has 25 heavy (non-hydrogen) atoms.